The summed E-state index contributed by atoms with van der Waals surface area (Å²) in [6, 6.07) is 62.8. The zero-order valence-corrected chi connectivity index (χ0v) is 36.8. The molecule has 0 bridgehead atoms. The van der Waals surface area contributed by atoms with Crippen molar-refractivity contribution < 1.29 is 18.9 Å². The standard InChI is InChI=1S/2C28H28N2O2/c1-3-28(2,20-4-12-24(13-5-20)31-26-16-8-22(29)9-17-26)21-6-14-25(15-7-21)32-27-18-10-23(30)11-19-27;1-3-28(2,20-10-14-24(15-11-20)31-26-8-4-6-22(29)18-26)21-12-16-25(17-13-21)32-27-9-5-7-23(30)19-27/h2*4-19H,3,29-30H2,1-2H3. The van der Waals surface area contributed by atoms with Crippen LogP contribution in [-0.2, 0) is 10.8 Å². The summed E-state index contributed by atoms with van der Waals surface area (Å²) in [6.07, 6.45) is 1.92. The van der Waals surface area contributed by atoms with E-state index in [2.05, 4.69) is 76.2 Å². The van der Waals surface area contributed by atoms with Gasteiger partial charge in [-0.15, -0.1) is 0 Å². The van der Waals surface area contributed by atoms with E-state index in [0.717, 1.165) is 70.2 Å². The Morgan fingerprint density at radius 3 is 0.766 bits per heavy atom. The first-order chi connectivity index (χ1) is 30.9. The average Bonchev–Trinajstić information content (AvgIpc) is 3.31. The molecule has 0 unspecified atom stereocenters. The van der Waals surface area contributed by atoms with Crippen molar-refractivity contribution >= 4 is 22.7 Å². The number of ether oxygens (including phenoxy) is 4. The molecule has 8 aromatic carbocycles. The molecule has 0 saturated carbocycles. The Bertz CT molecular complexity index is 2540. The summed E-state index contributed by atoms with van der Waals surface area (Å²) in [4.78, 5) is 0. The number of rotatable bonds is 14. The smallest absolute Gasteiger partial charge is 0.129 e. The molecule has 64 heavy (non-hydrogen) atoms. The highest BCUT2D eigenvalue weighted by Crippen LogP contribution is 2.39. The average molecular weight is 849 g/mol. The van der Waals surface area contributed by atoms with Gasteiger partial charge < -0.3 is 41.9 Å². The van der Waals surface area contributed by atoms with Gasteiger partial charge in [-0.2, -0.15) is 0 Å². The molecule has 0 aliphatic heterocycles. The van der Waals surface area contributed by atoms with Crippen LogP contribution in [-0.4, -0.2) is 0 Å². The fraction of sp³-hybridized carbons (Fsp3) is 0.143. The summed E-state index contributed by atoms with van der Waals surface area (Å²) in [5, 5.41) is 0. The first-order valence-electron chi connectivity index (χ1n) is 21.5. The van der Waals surface area contributed by atoms with Crippen molar-refractivity contribution in [3.63, 3.8) is 0 Å². The Morgan fingerprint density at radius 1 is 0.297 bits per heavy atom. The Morgan fingerprint density at radius 2 is 0.531 bits per heavy atom. The number of nitrogen functional groups attached to an aromatic ring is 4. The van der Waals surface area contributed by atoms with Gasteiger partial charge in [-0.1, -0.05) is 88.4 Å². The fourth-order valence-corrected chi connectivity index (χ4v) is 7.49. The fourth-order valence-electron chi connectivity index (χ4n) is 7.49. The largest absolute Gasteiger partial charge is 0.457 e. The third-order valence-electron chi connectivity index (χ3n) is 11.8. The summed E-state index contributed by atoms with van der Waals surface area (Å²) in [6.45, 7) is 8.93. The van der Waals surface area contributed by atoms with Crippen molar-refractivity contribution in [2.45, 2.75) is 51.4 Å². The second kappa shape index (κ2) is 19.9. The molecule has 8 rings (SSSR count). The van der Waals surface area contributed by atoms with Crippen LogP contribution in [0.4, 0.5) is 22.7 Å². The maximum atomic E-state index is 5.94. The maximum Gasteiger partial charge on any atom is 0.129 e. The van der Waals surface area contributed by atoms with Gasteiger partial charge in [0.25, 0.3) is 0 Å². The van der Waals surface area contributed by atoms with Crippen LogP contribution in [0.25, 0.3) is 0 Å². The Hall–Kier alpha value is -7.84. The first kappa shape index (κ1) is 44.2. The lowest BCUT2D eigenvalue weighted by Crippen LogP contribution is -2.22. The number of hydrogen-bond donors (Lipinski definition) is 4. The molecule has 0 spiro atoms. The number of benzene rings is 8. The molecule has 8 nitrogen and oxygen atoms in total. The SMILES string of the molecule is CCC(C)(c1ccc(Oc2ccc(N)cc2)cc1)c1ccc(Oc2ccc(N)cc2)cc1.CCC(C)(c1ccc(Oc2cccc(N)c2)cc1)c1ccc(Oc2cccc(N)c2)cc1. The molecular formula is C56H56N4O4. The van der Waals surface area contributed by atoms with Crippen LogP contribution < -0.4 is 41.9 Å². The van der Waals surface area contributed by atoms with Crippen LogP contribution in [0.15, 0.2) is 194 Å². The van der Waals surface area contributed by atoms with Gasteiger partial charge in [0.05, 0.1) is 0 Å². The van der Waals surface area contributed by atoms with E-state index in [1.54, 1.807) is 0 Å². The topological polar surface area (TPSA) is 141 Å². The predicted octanol–water partition coefficient (Wildman–Crippen LogP) is 14.3. The molecule has 0 amide bonds. The van der Waals surface area contributed by atoms with Crippen LogP contribution in [0.2, 0.25) is 0 Å². The van der Waals surface area contributed by atoms with Gasteiger partial charge in [-0.25, -0.2) is 0 Å². The van der Waals surface area contributed by atoms with E-state index in [4.69, 9.17) is 41.9 Å². The molecule has 0 saturated heterocycles. The van der Waals surface area contributed by atoms with Crippen molar-refractivity contribution in [1.82, 2.24) is 0 Å². The van der Waals surface area contributed by atoms with Crippen LogP contribution >= 0.6 is 0 Å². The Balaban J connectivity index is 0.000000191. The summed E-state index contributed by atoms with van der Waals surface area (Å²) < 4.78 is 23.8. The number of hydrogen-bond acceptors (Lipinski definition) is 8. The molecule has 8 heteroatoms. The van der Waals surface area contributed by atoms with Gasteiger partial charge in [0.2, 0.25) is 0 Å². The van der Waals surface area contributed by atoms with E-state index in [1.165, 1.54) is 22.3 Å². The summed E-state index contributed by atoms with van der Waals surface area (Å²) in [5.41, 5.74) is 30.6. The van der Waals surface area contributed by atoms with Crippen molar-refractivity contribution in [1.29, 1.82) is 0 Å². The number of anilines is 4. The summed E-state index contributed by atoms with van der Waals surface area (Å²) in [5.74, 6) is 6.14. The minimum Gasteiger partial charge on any atom is -0.457 e. The highest BCUT2D eigenvalue weighted by Gasteiger charge is 2.28. The summed E-state index contributed by atoms with van der Waals surface area (Å²) in [7, 11) is 0. The molecule has 0 fully saturated rings. The maximum absolute atomic E-state index is 5.94. The second-order valence-electron chi connectivity index (χ2n) is 16.2. The minimum atomic E-state index is -0.134. The molecule has 0 aliphatic carbocycles. The van der Waals surface area contributed by atoms with Gasteiger partial charge in [0.15, 0.2) is 0 Å². The molecule has 0 atom stereocenters. The van der Waals surface area contributed by atoms with E-state index in [0.29, 0.717) is 11.4 Å². The zero-order chi connectivity index (χ0) is 45.1. The zero-order valence-electron chi connectivity index (χ0n) is 36.8. The molecule has 8 N–H and O–H groups in total. The van der Waals surface area contributed by atoms with Crippen LogP contribution in [0.1, 0.15) is 62.8 Å². The summed E-state index contributed by atoms with van der Waals surface area (Å²) >= 11 is 0. The van der Waals surface area contributed by atoms with Crippen LogP contribution in [0.3, 0.4) is 0 Å². The molecule has 8 aromatic rings. The van der Waals surface area contributed by atoms with E-state index in [9.17, 15) is 0 Å². The van der Waals surface area contributed by atoms with E-state index >= 15 is 0 Å². The minimum absolute atomic E-state index is 0.126. The lowest BCUT2D eigenvalue weighted by Gasteiger charge is -2.30. The third kappa shape index (κ3) is 11.0. The van der Waals surface area contributed by atoms with Gasteiger partial charge in [-0.05, 0) is 156 Å². The van der Waals surface area contributed by atoms with Crippen molar-refractivity contribution in [2.24, 2.45) is 0 Å². The normalized spacial score (nSPS) is 11.2. The highest BCUT2D eigenvalue weighted by molar-refractivity contribution is 5.50. The molecule has 324 valence electrons. The van der Waals surface area contributed by atoms with Crippen molar-refractivity contribution in [3.05, 3.63) is 216 Å². The monoisotopic (exact) mass is 848 g/mol. The lowest BCUT2D eigenvalue weighted by atomic mass is 9.74. The van der Waals surface area contributed by atoms with Gasteiger partial charge in [-0.3, -0.25) is 0 Å². The Labute approximate surface area is 377 Å². The first-order valence-corrected chi connectivity index (χ1v) is 21.5. The Kier molecular flexibility index (Phi) is 13.8. The quantitative estimate of drug-likeness (QED) is 0.0793. The van der Waals surface area contributed by atoms with Crippen LogP contribution in [0.5, 0.6) is 46.0 Å². The van der Waals surface area contributed by atoms with Crippen LogP contribution in [0, 0.1) is 0 Å². The third-order valence-corrected chi connectivity index (χ3v) is 11.8. The lowest BCUT2D eigenvalue weighted by molar-refractivity contribution is 0.479. The molecule has 0 aliphatic rings. The molecule has 0 radical (unpaired) electrons. The van der Waals surface area contributed by atoms with Gasteiger partial charge >= 0.3 is 0 Å². The predicted molar refractivity (Wildman–Crippen MR) is 263 cm³/mol. The van der Waals surface area contributed by atoms with E-state index in [1.807, 2.05) is 146 Å². The van der Waals surface area contributed by atoms with E-state index < -0.39 is 0 Å². The molecule has 0 heterocycles. The molecular weight excluding hydrogens is 793 g/mol. The number of nitrogens with two attached hydrogens (primary N) is 4. The van der Waals surface area contributed by atoms with Gasteiger partial charge in [0, 0.05) is 45.7 Å². The van der Waals surface area contributed by atoms with Gasteiger partial charge in [0.1, 0.15) is 46.0 Å². The van der Waals surface area contributed by atoms with E-state index in [-0.39, 0.29) is 10.8 Å². The highest BCUT2D eigenvalue weighted by atomic mass is 16.5. The van der Waals surface area contributed by atoms with Crippen molar-refractivity contribution in [2.75, 3.05) is 22.9 Å². The molecule has 0 aromatic heterocycles. The second-order valence-corrected chi connectivity index (χ2v) is 16.2. The van der Waals surface area contributed by atoms with Crippen molar-refractivity contribution in [3.8, 4) is 46.0 Å².